The molecule has 0 spiro atoms. The summed E-state index contributed by atoms with van der Waals surface area (Å²) in [4.78, 5) is 6.93. The Bertz CT molecular complexity index is 371. The maximum absolute atomic E-state index is 4.55. The Morgan fingerprint density at radius 3 is 2.94 bits per heavy atom. The molecule has 0 amide bonds. The van der Waals surface area contributed by atoms with Crippen molar-refractivity contribution in [1.29, 1.82) is 0 Å². The predicted molar refractivity (Wildman–Crippen MR) is 66.1 cm³/mol. The first-order valence-electron chi connectivity index (χ1n) is 6.12. The van der Waals surface area contributed by atoms with Crippen LogP contribution in [0, 0.1) is 0 Å². The van der Waals surface area contributed by atoms with Gasteiger partial charge in [0.05, 0.1) is 5.69 Å². The molecule has 2 aliphatic heterocycles. The Hall–Kier alpha value is -1.29. The lowest BCUT2D eigenvalue weighted by molar-refractivity contribution is 0.584. The fourth-order valence-electron chi connectivity index (χ4n) is 2.50. The smallest absolute Gasteiger partial charge is 0.152 e. The van der Waals surface area contributed by atoms with E-state index in [1.54, 1.807) is 0 Å². The average Bonchev–Trinajstić information content (AvgIpc) is 2.39. The summed E-state index contributed by atoms with van der Waals surface area (Å²) in [5.41, 5.74) is 2.70. The molecule has 0 aromatic carbocycles. The maximum atomic E-state index is 4.55. The standard InChI is InChI=1S/C12H18N4/c1-2-10-3-5-15-12(11(10)14-4-1)16-8-6-13-7-9-16/h3,5,13-14H,1-2,4,6-9H2. The molecule has 0 unspecified atom stereocenters. The monoisotopic (exact) mass is 218 g/mol. The van der Waals surface area contributed by atoms with E-state index in [4.69, 9.17) is 0 Å². The van der Waals surface area contributed by atoms with E-state index in [0.29, 0.717) is 0 Å². The Morgan fingerprint density at radius 1 is 1.19 bits per heavy atom. The van der Waals surface area contributed by atoms with Gasteiger partial charge >= 0.3 is 0 Å². The molecule has 1 aromatic rings. The van der Waals surface area contributed by atoms with Crippen LogP contribution in [-0.4, -0.2) is 37.7 Å². The van der Waals surface area contributed by atoms with E-state index in [0.717, 1.165) is 38.5 Å². The van der Waals surface area contributed by atoms with Crippen LogP contribution in [0.3, 0.4) is 0 Å². The molecule has 1 fully saturated rings. The van der Waals surface area contributed by atoms with Crippen LogP contribution in [0.25, 0.3) is 0 Å². The van der Waals surface area contributed by atoms with Crippen molar-refractivity contribution in [2.75, 3.05) is 42.9 Å². The first-order valence-corrected chi connectivity index (χ1v) is 6.12. The summed E-state index contributed by atoms with van der Waals surface area (Å²) in [7, 11) is 0. The van der Waals surface area contributed by atoms with Crippen LogP contribution in [0.4, 0.5) is 11.5 Å². The molecular formula is C12H18N4. The lowest BCUT2D eigenvalue weighted by Gasteiger charge is -2.32. The molecule has 0 radical (unpaired) electrons. The molecule has 4 heteroatoms. The molecule has 0 saturated carbocycles. The zero-order valence-electron chi connectivity index (χ0n) is 9.50. The van der Waals surface area contributed by atoms with Crippen LogP contribution < -0.4 is 15.5 Å². The highest BCUT2D eigenvalue weighted by atomic mass is 15.2. The van der Waals surface area contributed by atoms with Crippen molar-refractivity contribution >= 4 is 11.5 Å². The minimum absolute atomic E-state index is 1.06. The van der Waals surface area contributed by atoms with Crippen LogP contribution in [-0.2, 0) is 6.42 Å². The van der Waals surface area contributed by atoms with Gasteiger partial charge in [0.15, 0.2) is 5.82 Å². The molecule has 0 bridgehead atoms. The number of rotatable bonds is 1. The van der Waals surface area contributed by atoms with Gasteiger partial charge in [-0.05, 0) is 24.5 Å². The maximum Gasteiger partial charge on any atom is 0.152 e. The number of hydrogen-bond acceptors (Lipinski definition) is 4. The molecule has 4 nitrogen and oxygen atoms in total. The second-order valence-electron chi connectivity index (χ2n) is 4.44. The van der Waals surface area contributed by atoms with Crippen molar-refractivity contribution in [3.8, 4) is 0 Å². The number of aromatic nitrogens is 1. The zero-order valence-corrected chi connectivity index (χ0v) is 9.50. The van der Waals surface area contributed by atoms with Gasteiger partial charge in [-0.2, -0.15) is 0 Å². The van der Waals surface area contributed by atoms with Gasteiger partial charge in [-0.1, -0.05) is 0 Å². The molecule has 1 saturated heterocycles. The lowest BCUT2D eigenvalue weighted by Crippen LogP contribution is -2.44. The topological polar surface area (TPSA) is 40.2 Å². The largest absolute Gasteiger partial charge is 0.382 e. The Kier molecular flexibility index (Phi) is 2.66. The molecular weight excluding hydrogens is 200 g/mol. The Balaban J connectivity index is 1.93. The summed E-state index contributed by atoms with van der Waals surface area (Å²) in [6.45, 7) is 5.32. The van der Waals surface area contributed by atoms with E-state index in [2.05, 4.69) is 26.6 Å². The van der Waals surface area contributed by atoms with Crippen LogP contribution >= 0.6 is 0 Å². The van der Waals surface area contributed by atoms with Crippen LogP contribution in [0.15, 0.2) is 12.3 Å². The van der Waals surface area contributed by atoms with E-state index >= 15 is 0 Å². The van der Waals surface area contributed by atoms with Crippen molar-refractivity contribution in [2.24, 2.45) is 0 Å². The summed E-state index contributed by atoms with van der Waals surface area (Å²) in [6, 6.07) is 2.15. The molecule has 3 heterocycles. The normalized spacial score (nSPS) is 20.1. The molecule has 16 heavy (non-hydrogen) atoms. The van der Waals surface area contributed by atoms with Gasteiger partial charge in [0.2, 0.25) is 0 Å². The third-order valence-electron chi connectivity index (χ3n) is 3.36. The summed E-state index contributed by atoms with van der Waals surface area (Å²) < 4.78 is 0. The van der Waals surface area contributed by atoms with Crippen molar-refractivity contribution in [1.82, 2.24) is 10.3 Å². The second kappa shape index (κ2) is 4.29. The highest BCUT2D eigenvalue weighted by molar-refractivity contribution is 5.70. The summed E-state index contributed by atoms with van der Waals surface area (Å²) >= 11 is 0. The molecule has 1 aromatic heterocycles. The van der Waals surface area contributed by atoms with E-state index in [1.165, 1.54) is 24.1 Å². The molecule has 2 N–H and O–H groups in total. The minimum atomic E-state index is 1.06. The number of nitrogens with zero attached hydrogens (tertiary/aromatic N) is 2. The average molecular weight is 218 g/mol. The summed E-state index contributed by atoms with van der Waals surface area (Å²) in [5.74, 6) is 1.15. The van der Waals surface area contributed by atoms with Gasteiger partial charge in [-0.25, -0.2) is 4.98 Å². The van der Waals surface area contributed by atoms with Gasteiger partial charge < -0.3 is 15.5 Å². The number of fused-ring (bicyclic) bond motifs is 1. The SMILES string of the molecule is c1cc2c(c(N3CCNCC3)n1)NCCC2. The van der Waals surface area contributed by atoms with Gasteiger partial charge in [0, 0.05) is 38.9 Å². The zero-order chi connectivity index (χ0) is 10.8. The van der Waals surface area contributed by atoms with Crippen molar-refractivity contribution in [3.63, 3.8) is 0 Å². The number of anilines is 2. The van der Waals surface area contributed by atoms with E-state index < -0.39 is 0 Å². The second-order valence-corrected chi connectivity index (χ2v) is 4.44. The molecule has 2 aliphatic rings. The first kappa shape index (κ1) is 9.90. The molecule has 3 rings (SSSR count). The summed E-state index contributed by atoms with van der Waals surface area (Å²) in [5, 5.41) is 6.88. The van der Waals surface area contributed by atoms with E-state index in [9.17, 15) is 0 Å². The highest BCUT2D eigenvalue weighted by Crippen LogP contribution is 2.30. The Morgan fingerprint density at radius 2 is 2.06 bits per heavy atom. The highest BCUT2D eigenvalue weighted by Gasteiger charge is 2.19. The van der Waals surface area contributed by atoms with Gasteiger partial charge in [-0.15, -0.1) is 0 Å². The number of piperazine rings is 1. The van der Waals surface area contributed by atoms with Crippen molar-refractivity contribution in [2.45, 2.75) is 12.8 Å². The van der Waals surface area contributed by atoms with Crippen molar-refractivity contribution < 1.29 is 0 Å². The Labute approximate surface area is 96.1 Å². The molecule has 86 valence electrons. The fourth-order valence-corrected chi connectivity index (χ4v) is 2.50. The van der Waals surface area contributed by atoms with Crippen LogP contribution in [0.2, 0.25) is 0 Å². The van der Waals surface area contributed by atoms with Gasteiger partial charge in [0.25, 0.3) is 0 Å². The quantitative estimate of drug-likeness (QED) is 0.733. The van der Waals surface area contributed by atoms with E-state index in [1.807, 2.05) is 6.20 Å². The number of nitrogens with one attached hydrogen (secondary N) is 2. The van der Waals surface area contributed by atoms with Crippen LogP contribution in [0.1, 0.15) is 12.0 Å². The number of pyridine rings is 1. The fraction of sp³-hybridized carbons (Fsp3) is 0.583. The molecule has 0 aliphatic carbocycles. The third kappa shape index (κ3) is 1.73. The third-order valence-corrected chi connectivity index (χ3v) is 3.36. The van der Waals surface area contributed by atoms with Crippen LogP contribution in [0.5, 0.6) is 0 Å². The summed E-state index contributed by atoms with van der Waals surface area (Å²) in [6.07, 6.45) is 4.37. The first-order chi connectivity index (χ1) is 7.95. The van der Waals surface area contributed by atoms with Gasteiger partial charge in [0.1, 0.15) is 0 Å². The van der Waals surface area contributed by atoms with Crippen molar-refractivity contribution in [3.05, 3.63) is 17.8 Å². The molecule has 0 atom stereocenters. The minimum Gasteiger partial charge on any atom is -0.382 e. The number of aryl methyl sites for hydroxylation is 1. The van der Waals surface area contributed by atoms with E-state index in [-0.39, 0.29) is 0 Å². The lowest BCUT2D eigenvalue weighted by atomic mass is 10.0. The number of hydrogen-bond donors (Lipinski definition) is 2. The predicted octanol–water partition coefficient (Wildman–Crippen LogP) is 0.849. The van der Waals surface area contributed by atoms with Gasteiger partial charge in [-0.3, -0.25) is 0 Å².